The van der Waals surface area contributed by atoms with E-state index in [1.807, 2.05) is 13.8 Å². The predicted molar refractivity (Wildman–Crippen MR) is 87.2 cm³/mol. The van der Waals surface area contributed by atoms with Crippen molar-refractivity contribution in [1.82, 2.24) is 24.5 Å². The van der Waals surface area contributed by atoms with Gasteiger partial charge in [0, 0.05) is 13.1 Å². The number of rotatable bonds is 6. The Morgan fingerprint density at radius 1 is 1.36 bits per heavy atom. The molecule has 0 aliphatic heterocycles. The lowest BCUT2D eigenvalue weighted by Gasteiger charge is -2.16. The van der Waals surface area contributed by atoms with Gasteiger partial charge in [0.25, 0.3) is 0 Å². The molecular weight excluding hydrogens is 357 g/mol. The number of aromatic nitrogens is 5. The number of hydrogen-bond donors (Lipinski definition) is 1. The summed E-state index contributed by atoms with van der Waals surface area (Å²) in [6, 6.07) is 1.78. The number of nitrogens with zero attached hydrogens (tertiary/aromatic N) is 5. The Balaban J connectivity index is 2.07. The summed E-state index contributed by atoms with van der Waals surface area (Å²) in [4.78, 5) is 12.3. The number of hydrogen-bond acceptors (Lipinski definition) is 5. The topological polar surface area (TPSA) is 77.6 Å². The molecule has 7 nitrogen and oxygen atoms in total. The van der Waals surface area contributed by atoms with Crippen molar-refractivity contribution in [2.45, 2.75) is 49.8 Å². The van der Waals surface area contributed by atoms with Crippen molar-refractivity contribution in [3.63, 3.8) is 0 Å². The van der Waals surface area contributed by atoms with E-state index in [1.165, 1.54) is 7.05 Å². The Morgan fingerprint density at radius 3 is 2.60 bits per heavy atom. The first-order chi connectivity index (χ1) is 11.6. The van der Waals surface area contributed by atoms with Crippen molar-refractivity contribution in [3.8, 4) is 0 Å². The lowest BCUT2D eigenvalue weighted by atomic mass is 10.3. The van der Waals surface area contributed by atoms with Gasteiger partial charge in [0.2, 0.25) is 11.7 Å². The van der Waals surface area contributed by atoms with Crippen LogP contribution in [0.5, 0.6) is 0 Å². The molecule has 0 saturated carbocycles. The first-order valence-electron chi connectivity index (χ1n) is 7.62. The maximum Gasteiger partial charge on any atom is 0.451 e. The molecule has 0 spiro atoms. The second kappa shape index (κ2) is 7.46. The second-order valence-corrected chi connectivity index (χ2v) is 6.84. The van der Waals surface area contributed by atoms with E-state index in [-0.39, 0.29) is 17.1 Å². The highest BCUT2D eigenvalue weighted by Gasteiger charge is 2.38. The van der Waals surface area contributed by atoms with E-state index in [0.717, 1.165) is 22.7 Å². The third-order valence-corrected chi connectivity index (χ3v) is 4.80. The molecule has 2 aromatic rings. The molecular formula is C14H19F3N6OS. The molecule has 11 heteroatoms. The Kier molecular flexibility index (Phi) is 5.76. The fourth-order valence-corrected chi connectivity index (χ4v) is 2.86. The molecule has 25 heavy (non-hydrogen) atoms. The standard InChI is InChI=1S/C14H19F3N6OS/c1-5-8(2)23-10(6-7-18-23)19-11(24)9(3)25-13-21-20-12(22(13)4)14(15,16)17/h6-9H,5H2,1-4H3,(H,19,24)/t8-,9-/m1/s1. The van der Waals surface area contributed by atoms with Gasteiger partial charge in [-0.25, -0.2) is 4.68 Å². The van der Waals surface area contributed by atoms with Gasteiger partial charge in [-0.2, -0.15) is 18.3 Å². The van der Waals surface area contributed by atoms with Crippen LogP contribution in [0.25, 0.3) is 0 Å². The molecule has 2 aromatic heterocycles. The molecule has 1 N–H and O–H groups in total. The zero-order chi connectivity index (χ0) is 18.8. The average molecular weight is 376 g/mol. The van der Waals surface area contributed by atoms with Crippen molar-refractivity contribution in [2.24, 2.45) is 7.05 Å². The number of carbonyl (C=O) groups excluding carboxylic acids is 1. The normalized spacial score (nSPS) is 14.4. The van der Waals surface area contributed by atoms with Crippen LogP contribution in [-0.4, -0.2) is 35.7 Å². The van der Waals surface area contributed by atoms with Gasteiger partial charge in [0.05, 0.1) is 17.5 Å². The van der Waals surface area contributed by atoms with Crippen molar-refractivity contribution >= 4 is 23.5 Å². The summed E-state index contributed by atoms with van der Waals surface area (Å²) in [6.07, 6.45) is -2.17. The minimum Gasteiger partial charge on any atom is -0.310 e. The summed E-state index contributed by atoms with van der Waals surface area (Å²) in [5, 5.41) is 12.9. The third-order valence-electron chi connectivity index (χ3n) is 3.67. The van der Waals surface area contributed by atoms with Crippen LogP contribution in [0.15, 0.2) is 17.4 Å². The van der Waals surface area contributed by atoms with E-state index >= 15 is 0 Å². The van der Waals surface area contributed by atoms with Gasteiger partial charge in [0.1, 0.15) is 5.82 Å². The lowest BCUT2D eigenvalue weighted by molar-refractivity contribution is -0.147. The summed E-state index contributed by atoms with van der Waals surface area (Å²) < 4.78 is 40.8. The highest BCUT2D eigenvalue weighted by atomic mass is 32.2. The molecule has 0 unspecified atom stereocenters. The van der Waals surface area contributed by atoms with E-state index in [2.05, 4.69) is 20.6 Å². The highest BCUT2D eigenvalue weighted by Crippen LogP contribution is 2.31. The Bertz CT molecular complexity index is 741. The SMILES string of the molecule is CC[C@@H](C)n1nccc1NC(=O)[C@@H](C)Sc1nnc(C(F)(F)F)n1C. The van der Waals surface area contributed by atoms with Crippen molar-refractivity contribution in [2.75, 3.05) is 5.32 Å². The molecule has 0 aliphatic rings. The van der Waals surface area contributed by atoms with Crippen molar-refractivity contribution in [1.29, 1.82) is 0 Å². The maximum absolute atomic E-state index is 12.7. The van der Waals surface area contributed by atoms with E-state index in [0.29, 0.717) is 5.82 Å². The quantitative estimate of drug-likeness (QED) is 0.784. The minimum atomic E-state index is -4.59. The fraction of sp³-hybridized carbons (Fsp3) is 0.571. The Morgan fingerprint density at radius 2 is 2.04 bits per heavy atom. The van der Waals surface area contributed by atoms with E-state index in [9.17, 15) is 18.0 Å². The first-order valence-corrected chi connectivity index (χ1v) is 8.50. The molecule has 0 fully saturated rings. The zero-order valence-corrected chi connectivity index (χ0v) is 15.0. The molecule has 138 valence electrons. The van der Waals surface area contributed by atoms with E-state index in [4.69, 9.17) is 0 Å². The van der Waals surface area contributed by atoms with Gasteiger partial charge >= 0.3 is 6.18 Å². The monoisotopic (exact) mass is 376 g/mol. The number of nitrogens with one attached hydrogen (secondary N) is 1. The molecule has 0 radical (unpaired) electrons. The van der Waals surface area contributed by atoms with Gasteiger partial charge in [-0.3, -0.25) is 4.79 Å². The number of alkyl halides is 3. The number of thioether (sulfide) groups is 1. The molecule has 1 amide bonds. The van der Waals surface area contributed by atoms with Crippen LogP contribution in [0.4, 0.5) is 19.0 Å². The summed E-state index contributed by atoms with van der Waals surface area (Å²) in [7, 11) is 1.22. The van der Waals surface area contributed by atoms with Gasteiger partial charge in [-0.1, -0.05) is 18.7 Å². The molecule has 0 aliphatic carbocycles. The average Bonchev–Trinajstić information content (AvgIpc) is 3.13. The number of carbonyl (C=O) groups is 1. The van der Waals surface area contributed by atoms with Gasteiger partial charge < -0.3 is 9.88 Å². The van der Waals surface area contributed by atoms with Crippen molar-refractivity contribution < 1.29 is 18.0 Å². The van der Waals surface area contributed by atoms with E-state index in [1.54, 1.807) is 23.9 Å². The Labute approximate surface area is 147 Å². The number of amides is 1. The minimum absolute atomic E-state index is 0.0189. The number of halogens is 3. The Hall–Kier alpha value is -2.04. The van der Waals surface area contributed by atoms with Crippen LogP contribution >= 0.6 is 11.8 Å². The predicted octanol–water partition coefficient (Wildman–Crippen LogP) is 3.12. The summed E-state index contributed by atoms with van der Waals surface area (Å²) in [6.45, 7) is 5.56. The van der Waals surface area contributed by atoms with E-state index < -0.39 is 17.3 Å². The maximum atomic E-state index is 12.7. The van der Waals surface area contributed by atoms with Crippen molar-refractivity contribution in [3.05, 3.63) is 18.1 Å². The third kappa shape index (κ3) is 4.33. The molecule has 0 bridgehead atoms. The zero-order valence-electron chi connectivity index (χ0n) is 14.2. The second-order valence-electron chi connectivity index (χ2n) is 5.53. The lowest BCUT2D eigenvalue weighted by Crippen LogP contribution is -2.25. The molecule has 2 rings (SSSR count). The number of anilines is 1. The van der Waals surface area contributed by atoms with Crippen LogP contribution in [0.1, 0.15) is 39.1 Å². The molecule has 0 saturated heterocycles. The highest BCUT2D eigenvalue weighted by molar-refractivity contribution is 8.00. The fourth-order valence-electron chi connectivity index (χ4n) is 2.04. The van der Waals surface area contributed by atoms with Gasteiger partial charge in [-0.05, 0) is 20.3 Å². The molecule has 2 atom stereocenters. The summed E-state index contributed by atoms with van der Waals surface area (Å²) in [5.41, 5.74) is 0. The first kappa shape index (κ1) is 19.3. The smallest absolute Gasteiger partial charge is 0.310 e. The van der Waals surface area contributed by atoms with Crippen LogP contribution in [0, 0.1) is 0 Å². The summed E-state index contributed by atoms with van der Waals surface area (Å²) in [5.74, 6) is -0.912. The summed E-state index contributed by atoms with van der Waals surface area (Å²) >= 11 is 0.905. The largest absolute Gasteiger partial charge is 0.451 e. The van der Waals surface area contributed by atoms with Crippen LogP contribution in [-0.2, 0) is 18.0 Å². The van der Waals surface area contributed by atoms with Crippen LogP contribution < -0.4 is 5.32 Å². The molecule has 0 aromatic carbocycles. The van der Waals surface area contributed by atoms with Gasteiger partial charge in [0.15, 0.2) is 5.16 Å². The van der Waals surface area contributed by atoms with Gasteiger partial charge in [-0.15, -0.1) is 10.2 Å². The molecule has 2 heterocycles. The van der Waals surface area contributed by atoms with Crippen LogP contribution in [0.3, 0.4) is 0 Å². The van der Waals surface area contributed by atoms with Crippen LogP contribution in [0.2, 0.25) is 0 Å².